The van der Waals surface area contributed by atoms with E-state index in [0.717, 1.165) is 12.6 Å². The molecule has 2 aromatic heterocycles. The molecule has 0 aliphatic carbocycles. The molecule has 4 rings (SSSR count). The Kier molecular flexibility index (Phi) is 4.65. The third-order valence-corrected chi connectivity index (χ3v) is 5.44. The molecular weight excluding hydrogens is 382 g/mol. The summed E-state index contributed by atoms with van der Waals surface area (Å²) in [6, 6.07) is 10.0. The standard InChI is InChI=1S/C18H17N5O4S/c19-28(25,26)14-9-13(10-20-11-14)16-21-17(27-22-16)15-7-4-8-23(15)18(24)12-5-2-1-3-6-12/h1-3,5-6,9-11,15H,4,7-8H2,(H2,19,25,26). The number of hydrogen-bond donors (Lipinski definition) is 1. The lowest BCUT2D eigenvalue weighted by atomic mass is 10.1. The topological polar surface area (TPSA) is 132 Å². The molecule has 1 fully saturated rings. The molecule has 10 heteroatoms. The van der Waals surface area contributed by atoms with Crippen molar-refractivity contribution in [1.29, 1.82) is 0 Å². The lowest BCUT2D eigenvalue weighted by Crippen LogP contribution is -2.30. The lowest BCUT2D eigenvalue weighted by molar-refractivity contribution is 0.0710. The fourth-order valence-corrected chi connectivity index (χ4v) is 3.70. The maximum Gasteiger partial charge on any atom is 0.254 e. The van der Waals surface area contributed by atoms with Gasteiger partial charge in [0.05, 0.1) is 0 Å². The van der Waals surface area contributed by atoms with Crippen molar-refractivity contribution in [2.75, 3.05) is 6.54 Å². The molecule has 1 saturated heterocycles. The van der Waals surface area contributed by atoms with E-state index in [1.807, 2.05) is 18.2 Å². The summed E-state index contributed by atoms with van der Waals surface area (Å²) >= 11 is 0. The van der Waals surface area contributed by atoms with E-state index in [-0.39, 0.29) is 22.7 Å². The first-order valence-corrected chi connectivity index (χ1v) is 10.2. The van der Waals surface area contributed by atoms with Crippen LogP contribution in [0.1, 0.15) is 35.1 Å². The summed E-state index contributed by atoms with van der Waals surface area (Å²) in [5, 5.41) is 9.06. The third kappa shape index (κ3) is 3.51. The molecular formula is C18H17N5O4S. The summed E-state index contributed by atoms with van der Waals surface area (Å²) in [5.41, 5.74) is 0.958. The van der Waals surface area contributed by atoms with Crippen molar-refractivity contribution < 1.29 is 17.7 Å². The van der Waals surface area contributed by atoms with Crippen LogP contribution in [0.5, 0.6) is 0 Å². The fourth-order valence-electron chi connectivity index (χ4n) is 3.20. The van der Waals surface area contributed by atoms with E-state index in [1.54, 1.807) is 17.0 Å². The number of aromatic nitrogens is 3. The summed E-state index contributed by atoms with van der Waals surface area (Å²) in [6.07, 6.45) is 4.10. The van der Waals surface area contributed by atoms with Gasteiger partial charge < -0.3 is 9.42 Å². The molecule has 1 amide bonds. The number of carbonyl (C=O) groups is 1. The Balaban J connectivity index is 1.61. The molecule has 0 saturated carbocycles. The molecule has 0 spiro atoms. The van der Waals surface area contributed by atoms with Crippen LogP contribution >= 0.6 is 0 Å². The highest BCUT2D eigenvalue weighted by atomic mass is 32.2. The number of nitrogens with two attached hydrogens (primary N) is 1. The Labute approximate surface area is 161 Å². The predicted octanol–water partition coefficient (Wildman–Crippen LogP) is 1.76. The van der Waals surface area contributed by atoms with Crippen LogP contribution in [-0.2, 0) is 10.0 Å². The highest BCUT2D eigenvalue weighted by Gasteiger charge is 2.34. The Morgan fingerprint density at radius 1 is 1.21 bits per heavy atom. The van der Waals surface area contributed by atoms with Crippen molar-refractivity contribution in [2.24, 2.45) is 5.14 Å². The van der Waals surface area contributed by atoms with Gasteiger partial charge in [-0.05, 0) is 31.0 Å². The maximum absolute atomic E-state index is 12.8. The van der Waals surface area contributed by atoms with E-state index in [0.29, 0.717) is 30.0 Å². The zero-order chi connectivity index (χ0) is 19.7. The van der Waals surface area contributed by atoms with E-state index in [1.165, 1.54) is 12.3 Å². The van der Waals surface area contributed by atoms with Gasteiger partial charge in [0, 0.05) is 30.1 Å². The van der Waals surface area contributed by atoms with Crippen LogP contribution in [0.2, 0.25) is 0 Å². The molecule has 9 nitrogen and oxygen atoms in total. The quantitative estimate of drug-likeness (QED) is 0.707. The lowest BCUT2D eigenvalue weighted by Gasteiger charge is -2.21. The Morgan fingerprint density at radius 2 is 2.00 bits per heavy atom. The van der Waals surface area contributed by atoms with Gasteiger partial charge in [0.1, 0.15) is 10.9 Å². The van der Waals surface area contributed by atoms with Gasteiger partial charge in [0.2, 0.25) is 21.7 Å². The van der Waals surface area contributed by atoms with Gasteiger partial charge >= 0.3 is 0 Å². The van der Waals surface area contributed by atoms with Crippen LogP contribution < -0.4 is 5.14 Å². The average molecular weight is 399 g/mol. The van der Waals surface area contributed by atoms with E-state index in [2.05, 4.69) is 15.1 Å². The van der Waals surface area contributed by atoms with Crippen molar-refractivity contribution in [2.45, 2.75) is 23.8 Å². The zero-order valence-corrected chi connectivity index (χ0v) is 15.5. The third-order valence-electron chi connectivity index (χ3n) is 4.56. The smallest absolute Gasteiger partial charge is 0.254 e. The van der Waals surface area contributed by atoms with Crippen molar-refractivity contribution in [3.05, 3.63) is 60.2 Å². The number of likely N-dealkylation sites (tertiary alicyclic amines) is 1. The summed E-state index contributed by atoms with van der Waals surface area (Å²) in [6.45, 7) is 0.596. The number of hydrogen-bond acceptors (Lipinski definition) is 7. The largest absolute Gasteiger partial charge is 0.337 e. The zero-order valence-electron chi connectivity index (χ0n) is 14.7. The van der Waals surface area contributed by atoms with Gasteiger partial charge in [-0.15, -0.1) is 0 Å². The first kappa shape index (κ1) is 18.3. The van der Waals surface area contributed by atoms with E-state index < -0.39 is 10.0 Å². The molecule has 1 unspecified atom stereocenters. The van der Waals surface area contributed by atoms with Gasteiger partial charge in [0.15, 0.2) is 0 Å². The minimum Gasteiger partial charge on any atom is -0.337 e. The Bertz CT molecular complexity index is 1110. The minimum absolute atomic E-state index is 0.0965. The monoisotopic (exact) mass is 399 g/mol. The first-order valence-electron chi connectivity index (χ1n) is 8.61. The molecule has 3 heterocycles. The van der Waals surface area contributed by atoms with Crippen LogP contribution in [0.4, 0.5) is 0 Å². The minimum atomic E-state index is -3.89. The predicted molar refractivity (Wildman–Crippen MR) is 98.4 cm³/mol. The average Bonchev–Trinajstić information content (AvgIpc) is 3.37. The molecule has 28 heavy (non-hydrogen) atoms. The van der Waals surface area contributed by atoms with Gasteiger partial charge in [-0.25, -0.2) is 13.6 Å². The van der Waals surface area contributed by atoms with Crippen LogP contribution in [0.3, 0.4) is 0 Å². The van der Waals surface area contributed by atoms with Crippen molar-refractivity contribution >= 4 is 15.9 Å². The van der Waals surface area contributed by atoms with Crippen LogP contribution in [0, 0.1) is 0 Å². The molecule has 144 valence electrons. The van der Waals surface area contributed by atoms with Gasteiger partial charge in [0.25, 0.3) is 5.91 Å². The number of rotatable bonds is 4. The maximum atomic E-state index is 12.8. The molecule has 2 N–H and O–H groups in total. The number of carbonyl (C=O) groups excluding carboxylic acids is 1. The Morgan fingerprint density at radius 3 is 2.75 bits per heavy atom. The van der Waals surface area contributed by atoms with Crippen LogP contribution in [-0.4, -0.2) is 40.9 Å². The highest BCUT2D eigenvalue weighted by molar-refractivity contribution is 7.89. The summed E-state index contributed by atoms with van der Waals surface area (Å²) in [5.74, 6) is 0.394. The number of pyridine rings is 1. The molecule has 1 aromatic carbocycles. The Hall–Kier alpha value is -3.11. The summed E-state index contributed by atoms with van der Waals surface area (Å²) in [4.78, 5) is 22.6. The summed E-state index contributed by atoms with van der Waals surface area (Å²) < 4.78 is 28.4. The number of amides is 1. The second-order valence-corrected chi connectivity index (χ2v) is 7.99. The van der Waals surface area contributed by atoms with Crippen molar-refractivity contribution in [3.8, 4) is 11.4 Å². The van der Waals surface area contributed by atoms with Gasteiger partial charge in [-0.1, -0.05) is 23.4 Å². The van der Waals surface area contributed by atoms with Crippen LogP contribution in [0.25, 0.3) is 11.4 Å². The first-order chi connectivity index (χ1) is 13.4. The van der Waals surface area contributed by atoms with Crippen molar-refractivity contribution in [1.82, 2.24) is 20.0 Å². The van der Waals surface area contributed by atoms with E-state index in [4.69, 9.17) is 9.66 Å². The van der Waals surface area contributed by atoms with Crippen molar-refractivity contribution in [3.63, 3.8) is 0 Å². The normalized spacial score (nSPS) is 17.0. The second kappa shape index (κ2) is 7.13. The van der Waals surface area contributed by atoms with E-state index in [9.17, 15) is 13.2 Å². The van der Waals surface area contributed by atoms with Crippen LogP contribution in [0.15, 0.2) is 58.2 Å². The molecule has 1 atom stereocenters. The molecule has 3 aromatic rings. The van der Waals surface area contributed by atoms with E-state index >= 15 is 0 Å². The summed E-state index contributed by atoms with van der Waals surface area (Å²) in [7, 11) is -3.89. The molecule has 1 aliphatic heterocycles. The fraction of sp³-hybridized carbons (Fsp3) is 0.222. The molecule has 0 bridgehead atoms. The number of sulfonamides is 1. The second-order valence-electron chi connectivity index (χ2n) is 6.43. The van der Waals surface area contributed by atoms with Gasteiger partial charge in [-0.3, -0.25) is 9.78 Å². The number of benzene rings is 1. The highest BCUT2D eigenvalue weighted by Crippen LogP contribution is 2.33. The van der Waals surface area contributed by atoms with Gasteiger partial charge in [-0.2, -0.15) is 4.98 Å². The molecule has 1 aliphatic rings. The SMILES string of the molecule is NS(=O)(=O)c1cncc(-c2noc(C3CCCN3C(=O)c3ccccc3)n2)c1. The molecule has 0 radical (unpaired) electrons. The number of primary sulfonamides is 1. The number of nitrogens with zero attached hydrogens (tertiary/aromatic N) is 4.